The number of nitrogens with one attached hydrogen (secondary N) is 1. The number of nitrogens with zero attached hydrogens (tertiary/aromatic N) is 1. The third-order valence-electron chi connectivity index (χ3n) is 7.33. The molecular formula is C22H42N2O6Si2. The molecule has 8 nitrogen and oxygen atoms in total. The summed E-state index contributed by atoms with van der Waals surface area (Å²) in [6, 6.07) is 1.31. The van der Waals surface area contributed by atoms with Crippen LogP contribution >= 0.6 is 0 Å². The number of H-pyrrole nitrogens is 1. The van der Waals surface area contributed by atoms with Crippen molar-refractivity contribution in [1.29, 1.82) is 0 Å². The average molecular weight is 487 g/mol. The van der Waals surface area contributed by atoms with Crippen LogP contribution in [0.15, 0.2) is 21.9 Å². The van der Waals surface area contributed by atoms with Crippen LogP contribution < -0.4 is 11.2 Å². The summed E-state index contributed by atoms with van der Waals surface area (Å²) < 4.78 is 26.8. The van der Waals surface area contributed by atoms with Crippen molar-refractivity contribution < 1.29 is 18.3 Å². The lowest BCUT2D eigenvalue weighted by Gasteiger charge is -2.41. The first kappa shape index (κ1) is 27.2. The zero-order valence-corrected chi connectivity index (χ0v) is 23.6. The molecule has 4 atom stereocenters. The Labute approximate surface area is 193 Å². The highest BCUT2D eigenvalue weighted by atomic mass is 28.4. The molecule has 0 amide bonds. The van der Waals surface area contributed by atoms with Gasteiger partial charge in [0.15, 0.2) is 22.9 Å². The maximum atomic E-state index is 12.5. The van der Waals surface area contributed by atoms with E-state index in [2.05, 4.69) is 72.7 Å². The second-order valence-electron chi connectivity index (χ2n) is 11.7. The topological polar surface area (TPSA) is 91.8 Å². The number of aromatic nitrogens is 2. The van der Waals surface area contributed by atoms with E-state index in [-0.39, 0.29) is 10.1 Å². The molecule has 0 bridgehead atoms. The third-order valence-corrected chi connectivity index (χ3v) is 16.3. The van der Waals surface area contributed by atoms with Gasteiger partial charge in [-0.3, -0.25) is 14.3 Å². The molecule has 2 heterocycles. The highest BCUT2D eigenvalue weighted by Crippen LogP contribution is 2.43. The molecule has 1 aliphatic heterocycles. The number of methoxy groups -OCH3 is 1. The van der Waals surface area contributed by atoms with Gasteiger partial charge in [-0.05, 0) is 36.3 Å². The second-order valence-corrected chi connectivity index (χ2v) is 21.3. The molecule has 1 N–H and O–H groups in total. The summed E-state index contributed by atoms with van der Waals surface area (Å²) in [5, 5.41) is 0.0420. The third kappa shape index (κ3) is 5.71. The molecule has 1 fully saturated rings. The molecular weight excluding hydrogens is 444 g/mol. The van der Waals surface area contributed by atoms with Crippen LogP contribution in [-0.2, 0) is 18.3 Å². The maximum Gasteiger partial charge on any atom is 0.330 e. The highest BCUT2D eigenvalue weighted by Gasteiger charge is 2.52. The van der Waals surface area contributed by atoms with Gasteiger partial charge in [0.05, 0.1) is 6.61 Å². The molecule has 2 rings (SSSR count). The Morgan fingerprint density at radius 2 is 1.56 bits per heavy atom. The Morgan fingerprint density at radius 3 is 2.03 bits per heavy atom. The lowest BCUT2D eigenvalue weighted by Crippen LogP contribution is -2.51. The van der Waals surface area contributed by atoms with Crippen LogP contribution in [-0.4, -0.2) is 58.2 Å². The zero-order valence-electron chi connectivity index (χ0n) is 21.6. The Bertz CT molecular complexity index is 897. The van der Waals surface area contributed by atoms with Crippen molar-refractivity contribution in [3.05, 3.63) is 33.1 Å². The van der Waals surface area contributed by atoms with Gasteiger partial charge in [-0.25, -0.2) is 4.79 Å². The molecule has 0 aromatic carbocycles. The molecule has 1 unspecified atom stereocenters. The molecule has 1 saturated heterocycles. The van der Waals surface area contributed by atoms with Crippen molar-refractivity contribution in [2.45, 2.75) is 102 Å². The molecule has 0 spiro atoms. The second kappa shape index (κ2) is 9.30. The van der Waals surface area contributed by atoms with Crippen LogP contribution in [0.25, 0.3) is 0 Å². The predicted octanol–water partition coefficient (Wildman–Crippen LogP) is 3.86. The van der Waals surface area contributed by atoms with Crippen molar-refractivity contribution >= 4 is 16.6 Å². The van der Waals surface area contributed by atoms with Crippen molar-refractivity contribution in [3.8, 4) is 0 Å². The van der Waals surface area contributed by atoms with Crippen LogP contribution in [0, 0.1) is 0 Å². The SMILES string of the molecule is COC1[C@@H](O[Si](C)(C)C(C)(C)C)[C@@H](CO[Si](C)(C)C(C)(C)C)O[C@H]1n1ccc(=O)[nH]c1=O. The molecule has 1 aromatic rings. The molecule has 184 valence electrons. The van der Waals surface area contributed by atoms with Crippen LogP contribution in [0.2, 0.25) is 36.3 Å². The predicted molar refractivity (Wildman–Crippen MR) is 131 cm³/mol. The average Bonchev–Trinajstić information content (AvgIpc) is 2.94. The number of rotatable bonds is 7. The van der Waals surface area contributed by atoms with Crippen LogP contribution in [0.5, 0.6) is 0 Å². The summed E-state index contributed by atoms with van der Waals surface area (Å²) in [4.78, 5) is 26.4. The van der Waals surface area contributed by atoms with Gasteiger partial charge in [-0.15, -0.1) is 0 Å². The van der Waals surface area contributed by atoms with Crippen molar-refractivity contribution in [2.75, 3.05) is 13.7 Å². The lowest BCUT2D eigenvalue weighted by atomic mass is 10.1. The summed E-state index contributed by atoms with van der Waals surface area (Å²) in [5.41, 5.74) is -0.994. The van der Waals surface area contributed by atoms with Gasteiger partial charge in [0, 0.05) is 19.4 Å². The first-order chi connectivity index (χ1) is 14.4. The van der Waals surface area contributed by atoms with E-state index in [0.29, 0.717) is 6.61 Å². The van der Waals surface area contributed by atoms with Crippen molar-refractivity contribution in [2.24, 2.45) is 0 Å². The highest BCUT2D eigenvalue weighted by molar-refractivity contribution is 6.74. The number of ether oxygens (including phenoxy) is 2. The van der Waals surface area contributed by atoms with Gasteiger partial charge in [-0.1, -0.05) is 41.5 Å². The van der Waals surface area contributed by atoms with E-state index in [1.165, 1.54) is 16.8 Å². The monoisotopic (exact) mass is 486 g/mol. The van der Waals surface area contributed by atoms with Gasteiger partial charge in [0.1, 0.15) is 18.3 Å². The first-order valence-electron chi connectivity index (χ1n) is 11.2. The van der Waals surface area contributed by atoms with Crippen LogP contribution in [0.3, 0.4) is 0 Å². The number of aromatic amines is 1. The van der Waals surface area contributed by atoms with Crippen LogP contribution in [0.1, 0.15) is 47.8 Å². The Hall–Kier alpha value is -1.05. The first-order valence-corrected chi connectivity index (χ1v) is 17.0. The van der Waals surface area contributed by atoms with E-state index in [0.717, 1.165) is 0 Å². The number of hydrogen-bond acceptors (Lipinski definition) is 6. The molecule has 0 aliphatic carbocycles. The van der Waals surface area contributed by atoms with E-state index in [1.807, 2.05) is 0 Å². The van der Waals surface area contributed by atoms with Gasteiger partial charge in [0.2, 0.25) is 0 Å². The fourth-order valence-electron chi connectivity index (χ4n) is 3.11. The minimum absolute atomic E-state index is 0.0109. The quantitative estimate of drug-likeness (QED) is 0.589. The largest absolute Gasteiger partial charge is 0.414 e. The maximum absolute atomic E-state index is 12.5. The minimum atomic E-state index is -2.18. The summed E-state index contributed by atoms with van der Waals surface area (Å²) in [5.74, 6) is 0. The molecule has 0 radical (unpaired) electrons. The Kier molecular flexibility index (Phi) is 7.91. The van der Waals surface area contributed by atoms with Gasteiger partial charge >= 0.3 is 5.69 Å². The van der Waals surface area contributed by atoms with E-state index >= 15 is 0 Å². The smallest absolute Gasteiger partial charge is 0.330 e. The Morgan fingerprint density at radius 1 is 1.00 bits per heavy atom. The fourth-order valence-corrected chi connectivity index (χ4v) is 5.44. The summed E-state index contributed by atoms with van der Waals surface area (Å²) in [7, 11) is -2.62. The van der Waals surface area contributed by atoms with Crippen molar-refractivity contribution in [1.82, 2.24) is 9.55 Å². The standard InChI is InChI=1S/C22H42N2O6Si2/c1-21(2,3)31(8,9)28-14-15-17(30-32(10,11)22(4,5)6)18(27-7)19(29-15)24-13-12-16(25)23-20(24)26/h12-13,15,17-19H,14H2,1-11H3,(H,23,25,26)/t15-,17+,18?,19-/m1/s1. The number of hydrogen-bond donors (Lipinski definition) is 1. The van der Waals surface area contributed by atoms with E-state index in [9.17, 15) is 9.59 Å². The fraction of sp³-hybridized carbons (Fsp3) is 0.818. The molecule has 1 aliphatic rings. The summed E-state index contributed by atoms with van der Waals surface area (Å²) in [6.07, 6.45) is -0.632. The van der Waals surface area contributed by atoms with E-state index in [1.54, 1.807) is 7.11 Å². The van der Waals surface area contributed by atoms with Crippen LogP contribution in [0.4, 0.5) is 0 Å². The van der Waals surface area contributed by atoms with E-state index in [4.69, 9.17) is 18.3 Å². The molecule has 10 heteroatoms. The normalized spacial score (nSPS) is 25.3. The molecule has 32 heavy (non-hydrogen) atoms. The Balaban J connectivity index is 2.43. The summed E-state index contributed by atoms with van der Waals surface area (Å²) in [6.45, 7) is 22.2. The summed E-state index contributed by atoms with van der Waals surface area (Å²) >= 11 is 0. The minimum Gasteiger partial charge on any atom is -0.414 e. The van der Waals surface area contributed by atoms with Crippen molar-refractivity contribution in [3.63, 3.8) is 0 Å². The molecule has 0 saturated carbocycles. The van der Waals surface area contributed by atoms with Gasteiger partial charge in [0.25, 0.3) is 5.56 Å². The van der Waals surface area contributed by atoms with Gasteiger partial charge in [-0.2, -0.15) is 0 Å². The molecule has 1 aromatic heterocycles. The zero-order chi connectivity index (χ0) is 24.7. The van der Waals surface area contributed by atoms with Gasteiger partial charge < -0.3 is 18.3 Å². The van der Waals surface area contributed by atoms with E-state index < -0.39 is 52.4 Å². The lowest BCUT2D eigenvalue weighted by molar-refractivity contribution is -0.0613.